The van der Waals surface area contributed by atoms with Crippen LogP contribution in [-0.4, -0.2) is 50.7 Å². The molecule has 1 fully saturated rings. The minimum absolute atomic E-state index is 0.00975. The Bertz CT molecular complexity index is 537. The highest BCUT2D eigenvalue weighted by molar-refractivity contribution is 6.41. The van der Waals surface area contributed by atoms with Crippen LogP contribution < -0.4 is 0 Å². The summed E-state index contributed by atoms with van der Waals surface area (Å²) in [7, 11) is 0. The van der Waals surface area contributed by atoms with Gasteiger partial charge in [-0.15, -0.1) is 0 Å². The van der Waals surface area contributed by atoms with Crippen LogP contribution in [-0.2, 0) is 4.79 Å². The van der Waals surface area contributed by atoms with Gasteiger partial charge < -0.3 is 15.1 Å². The molecule has 8 heteroatoms. The molecule has 1 aliphatic heterocycles. The number of hydrogen-bond donors (Lipinski definition) is 2. The number of nitrogens with zero attached hydrogens (tertiary/aromatic N) is 2. The summed E-state index contributed by atoms with van der Waals surface area (Å²) in [5.41, 5.74) is 0.134. The van der Waals surface area contributed by atoms with Crippen molar-refractivity contribution >= 4 is 35.1 Å². The van der Waals surface area contributed by atoms with E-state index >= 15 is 0 Å². The Balaban J connectivity index is 2.27. The summed E-state index contributed by atoms with van der Waals surface area (Å²) in [6.07, 6.45) is 0.386. The number of aromatic nitrogens is 1. The quantitative estimate of drug-likeness (QED) is 0.797. The summed E-state index contributed by atoms with van der Waals surface area (Å²) in [5.74, 6) is -1.70. The number of likely N-dealkylation sites (tertiary alicyclic amines) is 1. The van der Waals surface area contributed by atoms with Crippen molar-refractivity contribution in [2.75, 3.05) is 6.54 Å². The third-order valence-electron chi connectivity index (χ3n) is 2.87. The minimum Gasteiger partial charge on any atom is -0.480 e. The Morgan fingerprint density at radius 1 is 1.42 bits per heavy atom. The fourth-order valence-electron chi connectivity index (χ4n) is 1.98. The SMILES string of the molecule is O=C(O)C1CC(O)CN1C(=O)c1cnc(Cl)c(Cl)c1. The number of carboxylic acid groups (broad SMARTS) is 1. The lowest BCUT2D eigenvalue weighted by Gasteiger charge is -2.21. The van der Waals surface area contributed by atoms with E-state index in [1.54, 1.807) is 0 Å². The lowest BCUT2D eigenvalue weighted by atomic mass is 10.2. The van der Waals surface area contributed by atoms with E-state index in [-0.39, 0.29) is 28.7 Å². The Hall–Kier alpha value is -1.37. The van der Waals surface area contributed by atoms with Crippen molar-refractivity contribution in [3.8, 4) is 0 Å². The molecule has 0 saturated carbocycles. The number of carboxylic acids is 1. The molecule has 102 valence electrons. The molecule has 0 spiro atoms. The van der Waals surface area contributed by atoms with Gasteiger partial charge in [-0.2, -0.15) is 0 Å². The van der Waals surface area contributed by atoms with Gasteiger partial charge >= 0.3 is 5.97 Å². The summed E-state index contributed by atoms with van der Waals surface area (Å²) in [4.78, 5) is 28.1. The first-order valence-corrected chi connectivity index (χ1v) is 6.18. The van der Waals surface area contributed by atoms with Crippen LogP contribution in [0, 0.1) is 0 Å². The van der Waals surface area contributed by atoms with Crippen molar-refractivity contribution in [2.45, 2.75) is 18.6 Å². The molecular weight excluding hydrogens is 295 g/mol. The number of carbonyl (C=O) groups excluding carboxylic acids is 1. The maximum Gasteiger partial charge on any atom is 0.326 e. The standard InChI is InChI=1S/C11H10Cl2N2O4/c12-7-1-5(3-14-9(7)13)10(17)15-4-6(16)2-8(15)11(18)19/h1,3,6,8,16H,2,4H2,(H,18,19). The Labute approximate surface area is 118 Å². The number of pyridine rings is 1. The minimum atomic E-state index is -1.15. The highest BCUT2D eigenvalue weighted by Crippen LogP contribution is 2.24. The predicted octanol–water partition coefficient (Wildman–Crippen LogP) is 1.05. The Morgan fingerprint density at radius 3 is 2.68 bits per heavy atom. The molecule has 0 aliphatic carbocycles. The van der Waals surface area contributed by atoms with Crippen LogP contribution in [0.1, 0.15) is 16.8 Å². The average molecular weight is 305 g/mol. The van der Waals surface area contributed by atoms with E-state index in [2.05, 4.69) is 4.98 Å². The summed E-state index contributed by atoms with van der Waals surface area (Å²) >= 11 is 11.4. The van der Waals surface area contributed by atoms with Crippen LogP contribution in [0.2, 0.25) is 10.2 Å². The molecule has 1 aromatic heterocycles. The average Bonchev–Trinajstić information content (AvgIpc) is 2.74. The monoisotopic (exact) mass is 304 g/mol. The fraction of sp³-hybridized carbons (Fsp3) is 0.364. The second-order valence-corrected chi connectivity index (χ2v) is 4.96. The van der Waals surface area contributed by atoms with Crippen molar-refractivity contribution in [1.82, 2.24) is 9.88 Å². The van der Waals surface area contributed by atoms with Gasteiger partial charge in [0.05, 0.1) is 16.7 Å². The number of carbonyl (C=O) groups is 2. The molecule has 2 rings (SSSR count). The second-order valence-electron chi connectivity index (χ2n) is 4.20. The second kappa shape index (κ2) is 5.32. The van der Waals surface area contributed by atoms with Crippen molar-refractivity contribution in [1.29, 1.82) is 0 Å². The van der Waals surface area contributed by atoms with Crippen molar-refractivity contribution in [2.24, 2.45) is 0 Å². The molecule has 1 aromatic rings. The number of aliphatic hydroxyl groups is 1. The van der Waals surface area contributed by atoms with E-state index in [1.807, 2.05) is 0 Å². The summed E-state index contributed by atoms with van der Waals surface area (Å²) in [6, 6.07) is 0.278. The third-order valence-corrected chi connectivity index (χ3v) is 3.55. The number of aliphatic hydroxyl groups excluding tert-OH is 1. The molecule has 2 unspecified atom stereocenters. The van der Waals surface area contributed by atoms with Gasteiger partial charge in [0.15, 0.2) is 0 Å². The smallest absolute Gasteiger partial charge is 0.326 e. The number of amides is 1. The molecule has 0 bridgehead atoms. The number of aliphatic carboxylic acids is 1. The lowest BCUT2D eigenvalue weighted by molar-refractivity contribution is -0.141. The first-order chi connectivity index (χ1) is 8.90. The van der Waals surface area contributed by atoms with E-state index in [9.17, 15) is 14.7 Å². The van der Waals surface area contributed by atoms with Crippen LogP contribution in [0.15, 0.2) is 12.3 Å². The van der Waals surface area contributed by atoms with Gasteiger partial charge in [0.25, 0.3) is 5.91 Å². The largest absolute Gasteiger partial charge is 0.480 e. The highest BCUT2D eigenvalue weighted by Gasteiger charge is 2.39. The van der Waals surface area contributed by atoms with Gasteiger partial charge in [0.2, 0.25) is 0 Å². The maximum atomic E-state index is 12.2. The first kappa shape index (κ1) is 14.0. The van der Waals surface area contributed by atoms with Crippen LogP contribution in [0.4, 0.5) is 0 Å². The Morgan fingerprint density at radius 2 is 2.11 bits per heavy atom. The molecular formula is C11H10Cl2N2O4. The van der Waals surface area contributed by atoms with E-state index in [1.165, 1.54) is 12.3 Å². The maximum absolute atomic E-state index is 12.2. The molecule has 0 radical (unpaired) electrons. The van der Waals surface area contributed by atoms with Gasteiger partial charge in [-0.25, -0.2) is 9.78 Å². The van der Waals surface area contributed by atoms with Gasteiger partial charge in [-0.3, -0.25) is 4.79 Å². The van der Waals surface area contributed by atoms with Gasteiger partial charge in [-0.1, -0.05) is 23.2 Å². The van der Waals surface area contributed by atoms with Crippen LogP contribution in [0.25, 0.3) is 0 Å². The van der Waals surface area contributed by atoms with Gasteiger partial charge in [0.1, 0.15) is 11.2 Å². The zero-order valence-electron chi connectivity index (χ0n) is 9.58. The van der Waals surface area contributed by atoms with E-state index in [4.69, 9.17) is 28.3 Å². The highest BCUT2D eigenvalue weighted by atomic mass is 35.5. The topological polar surface area (TPSA) is 90.7 Å². The van der Waals surface area contributed by atoms with Gasteiger partial charge in [-0.05, 0) is 6.07 Å². The summed E-state index contributed by atoms with van der Waals surface area (Å²) in [6.45, 7) is -0.0317. The number of β-amino-alcohol motifs (C(OH)–C–C–N with tert-alkyl or cyclic N) is 1. The number of hydrogen-bond acceptors (Lipinski definition) is 4. The third kappa shape index (κ3) is 2.80. The van der Waals surface area contributed by atoms with Crippen LogP contribution in [0.3, 0.4) is 0 Å². The fourth-order valence-corrected chi connectivity index (χ4v) is 2.25. The molecule has 2 N–H and O–H groups in total. The lowest BCUT2D eigenvalue weighted by Crippen LogP contribution is -2.40. The first-order valence-electron chi connectivity index (χ1n) is 5.43. The molecule has 1 aliphatic rings. The summed E-state index contributed by atoms with van der Waals surface area (Å²) < 4.78 is 0. The van der Waals surface area contributed by atoms with Crippen LogP contribution in [0.5, 0.6) is 0 Å². The zero-order valence-corrected chi connectivity index (χ0v) is 11.1. The summed E-state index contributed by atoms with van der Waals surface area (Å²) in [5, 5.41) is 18.7. The molecule has 2 heterocycles. The van der Waals surface area contributed by atoms with E-state index in [0.717, 1.165) is 4.90 Å². The van der Waals surface area contributed by atoms with Crippen molar-refractivity contribution in [3.05, 3.63) is 28.0 Å². The van der Waals surface area contributed by atoms with Crippen molar-refractivity contribution in [3.63, 3.8) is 0 Å². The van der Waals surface area contributed by atoms with Gasteiger partial charge in [0, 0.05) is 19.2 Å². The molecule has 2 atom stereocenters. The normalized spacial score (nSPS) is 22.6. The zero-order chi connectivity index (χ0) is 14.2. The van der Waals surface area contributed by atoms with Crippen LogP contribution >= 0.6 is 23.2 Å². The molecule has 1 saturated heterocycles. The molecule has 1 amide bonds. The van der Waals surface area contributed by atoms with Crippen molar-refractivity contribution < 1.29 is 19.8 Å². The van der Waals surface area contributed by atoms with E-state index < -0.39 is 24.0 Å². The molecule has 19 heavy (non-hydrogen) atoms. The molecule has 6 nitrogen and oxygen atoms in total. The van der Waals surface area contributed by atoms with E-state index in [0.29, 0.717) is 0 Å². The number of halogens is 2. The predicted molar refractivity (Wildman–Crippen MR) is 67.3 cm³/mol. The molecule has 0 aromatic carbocycles. The Kier molecular flexibility index (Phi) is 3.93. The number of rotatable bonds is 2.